The second-order valence-electron chi connectivity index (χ2n) is 6.56. The van der Waals surface area contributed by atoms with Crippen LogP contribution in [0, 0.1) is 0 Å². The van der Waals surface area contributed by atoms with E-state index in [-0.39, 0.29) is 0 Å². The van der Waals surface area contributed by atoms with Gasteiger partial charge in [0.25, 0.3) is 0 Å². The highest BCUT2D eigenvalue weighted by molar-refractivity contribution is 5.87. The van der Waals surface area contributed by atoms with Gasteiger partial charge in [-0.2, -0.15) is 0 Å². The topological polar surface area (TPSA) is 21.3 Å². The van der Waals surface area contributed by atoms with Crippen molar-refractivity contribution >= 4 is 10.8 Å². The molecule has 2 rings (SSSR count). The molecule has 2 aromatic carbocycles. The van der Waals surface area contributed by atoms with E-state index in [0.717, 1.165) is 31.9 Å². The van der Waals surface area contributed by atoms with Crippen molar-refractivity contribution in [3.8, 4) is 5.75 Å². The molecule has 0 amide bonds. The van der Waals surface area contributed by atoms with Crippen LogP contribution < -0.4 is 10.1 Å². The first kappa shape index (κ1) is 18.8. The van der Waals surface area contributed by atoms with Crippen LogP contribution >= 0.6 is 0 Å². The highest BCUT2D eigenvalue weighted by atomic mass is 16.5. The summed E-state index contributed by atoms with van der Waals surface area (Å²) in [4.78, 5) is 0. The second kappa shape index (κ2) is 11.1. The summed E-state index contributed by atoms with van der Waals surface area (Å²) < 4.78 is 6.14. The Morgan fingerprint density at radius 2 is 1.62 bits per heavy atom. The lowest BCUT2D eigenvalue weighted by Crippen LogP contribution is -2.15. The maximum Gasteiger partial charge on any atom is 0.124 e. The fourth-order valence-electron chi connectivity index (χ4n) is 3.04. The van der Waals surface area contributed by atoms with E-state index in [0.29, 0.717) is 0 Å². The van der Waals surface area contributed by atoms with Gasteiger partial charge in [-0.15, -0.1) is 0 Å². The smallest absolute Gasteiger partial charge is 0.124 e. The predicted octanol–water partition coefficient (Wildman–Crippen LogP) is 6.08. The van der Waals surface area contributed by atoms with Crippen LogP contribution in [0.25, 0.3) is 10.8 Å². The molecular formula is C22H33NO. The van der Waals surface area contributed by atoms with Crippen LogP contribution in [0.4, 0.5) is 0 Å². The van der Waals surface area contributed by atoms with E-state index >= 15 is 0 Å². The first-order chi connectivity index (χ1) is 11.9. The quantitative estimate of drug-likeness (QED) is 0.477. The van der Waals surface area contributed by atoms with Crippen molar-refractivity contribution in [3.63, 3.8) is 0 Å². The Bertz CT molecular complexity index is 594. The van der Waals surface area contributed by atoms with Crippen LogP contribution in [0.3, 0.4) is 0 Å². The average Bonchev–Trinajstić information content (AvgIpc) is 2.62. The van der Waals surface area contributed by atoms with Gasteiger partial charge in [0.15, 0.2) is 0 Å². The predicted molar refractivity (Wildman–Crippen MR) is 105 cm³/mol. The summed E-state index contributed by atoms with van der Waals surface area (Å²) in [5, 5.41) is 6.18. The Labute approximate surface area is 147 Å². The van der Waals surface area contributed by atoms with E-state index in [1.807, 2.05) is 0 Å². The summed E-state index contributed by atoms with van der Waals surface area (Å²) in [6, 6.07) is 12.9. The van der Waals surface area contributed by atoms with Gasteiger partial charge >= 0.3 is 0 Å². The summed E-state index contributed by atoms with van der Waals surface area (Å²) >= 11 is 0. The summed E-state index contributed by atoms with van der Waals surface area (Å²) in [6.45, 7) is 7.25. The monoisotopic (exact) mass is 327 g/mol. The molecular weight excluding hydrogens is 294 g/mol. The molecule has 0 heterocycles. The molecule has 0 aliphatic carbocycles. The van der Waals surface area contributed by atoms with Crippen molar-refractivity contribution in [2.24, 2.45) is 0 Å². The maximum absolute atomic E-state index is 6.14. The van der Waals surface area contributed by atoms with Gasteiger partial charge in [-0.25, -0.2) is 0 Å². The minimum Gasteiger partial charge on any atom is -0.493 e. The van der Waals surface area contributed by atoms with Gasteiger partial charge in [-0.3, -0.25) is 0 Å². The maximum atomic E-state index is 6.14. The molecule has 0 aliphatic rings. The van der Waals surface area contributed by atoms with Crippen molar-refractivity contribution in [1.82, 2.24) is 5.32 Å². The molecule has 0 saturated carbocycles. The lowest BCUT2D eigenvalue weighted by Gasteiger charge is -2.15. The van der Waals surface area contributed by atoms with Crippen LogP contribution in [0.2, 0.25) is 0 Å². The van der Waals surface area contributed by atoms with Crippen molar-refractivity contribution in [2.75, 3.05) is 13.2 Å². The first-order valence-corrected chi connectivity index (χ1v) is 9.71. The molecule has 2 nitrogen and oxygen atoms in total. The Morgan fingerprint density at radius 3 is 2.46 bits per heavy atom. The lowest BCUT2D eigenvalue weighted by molar-refractivity contribution is 0.301. The van der Waals surface area contributed by atoms with Crippen LogP contribution in [0.1, 0.15) is 64.4 Å². The molecule has 1 N–H and O–H groups in total. The summed E-state index contributed by atoms with van der Waals surface area (Å²) in [5.41, 5.74) is 1.30. The zero-order chi connectivity index (χ0) is 17.0. The molecule has 132 valence electrons. The van der Waals surface area contributed by atoms with Crippen LogP contribution in [-0.4, -0.2) is 13.2 Å². The summed E-state index contributed by atoms with van der Waals surface area (Å²) in [5.74, 6) is 1.05. The molecule has 2 heteroatoms. The zero-order valence-corrected chi connectivity index (χ0v) is 15.4. The molecule has 0 aliphatic heterocycles. The number of hydrogen-bond acceptors (Lipinski definition) is 2. The number of benzene rings is 2. The normalized spacial score (nSPS) is 11.1. The number of fused-ring (bicyclic) bond motifs is 1. The van der Waals surface area contributed by atoms with E-state index in [1.165, 1.54) is 54.9 Å². The Kier molecular flexibility index (Phi) is 8.69. The van der Waals surface area contributed by atoms with Crippen LogP contribution in [0.5, 0.6) is 5.75 Å². The fourth-order valence-corrected chi connectivity index (χ4v) is 3.04. The van der Waals surface area contributed by atoms with Crippen LogP contribution in [0.15, 0.2) is 36.4 Å². The van der Waals surface area contributed by atoms with Crippen molar-refractivity contribution in [2.45, 2.75) is 65.3 Å². The third-order valence-electron chi connectivity index (χ3n) is 4.51. The molecule has 0 radical (unpaired) electrons. The van der Waals surface area contributed by atoms with Gasteiger partial charge in [0.1, 0.15) is 5.75 Å². The van der Waals surface area contributed by atoms with Gasteiger partial charge in [0, 0.05) is 12.1 Å². The van der Waals surface area contributed by atoms with Gasteiger partial charge in [-0.1, -0.05) is 76.3 Å². The third-order valence-corrected chi connectivity index (χ3v) is 4.51. The molecule has 0 aromatic heterocycles. The zero-order valence-electron chi connectivity index (χ0n) is 15.4. The van der Waals surface area contributed by atoms with Crippen molar-refractivity contribution in [1.29, 1.82) is 0 Å². The Hall–Kier alpha value is -1.54. The summed E-state index contributed by atoms with van der Waals surface area (Å²) in [6.07, 6.45) is 8.81. The van der Waals surface area contributed by atoms with Gasteiger partial charge in [0.2, 0.25) is 0 Å². The first-order valence-electron chi connectivity index (χ1n) is 9.71. The Balaban J connectivity index is 2.01. The molecule has 0 atom stereocenters. The van der Waals surface area contributed by atoms with E-state index in [2.05, 4.69) is 55.6 Å². The number of hydrogen-bond donors (Lipinski definition) is 1. The second-order valence-corrected chi connectivity index (χ2v) is 6.56. The molecule has 0 spiro atoms. The number of nitrogens with one attached hydrogen (secondary N) is 1. The van der Waals surface area contributed by atoms with Gasteiger partial charge in [0.05, 0.1) is 6.61 Å². The molecule has 2 aromatic rings. The van der Waals surface area contributed by atoms with Crippen molar-refractivity contribution in [3.05, 3.63) is 42.0 Å². The average molecular weight is 328 g/mol. The summed E-state index contributed by atoms with van der Waals surface area (Å²) in [7, 11) is 0. The van der Waals surface area contributed by atoms with E-state index < -0.39 is 0 Å². The molecule has 24 heavy (non-hydrogen) atoms. The highest BCUT2D eigenvalue weighted by Gasteiger charge is 2.08. The molecule has 0 fully saturated rings. The molecule has 0 unspecified atom stereocenters. The van der Waals surface area contributed by atoms with Crippen LogP contribution in [-0.2, 0) is 6.54 Å². The minimum absolute atomic E-state index is 0.823. The SMILES string of the molecule is CCCCCCCOc1ccc2ccccc2c1CNCCCC. The standard InChI is InChI=1S/C22H33NO/c1-3-5-7-8-11-17-24-22-15-14-19-12-9-10-13-20(19)21(22)18-23-16-6-4-2/h9-10,12-15,23H,3-8,11,16-18H2,1-2H3. The number of ether oxygens (including phenoxy) is 1. The highest BCUT2D eigenvalue weighted by Crippen LogP contribution is 2.28. The number of unbranched alkanes of at least 4 members (excludes halogenated alkanes) is 5. The van der Waals surface area contributed by atoms with E-state index in [1.54, 1.807) is 0 Å². The number of rotatable bonds is 12. The lowest BCUT2D eigenvalue weighted by atomic mass is 10.0. The molecule has 0 saturated heterocycles. The fraction of sp³-hybridized carbons (Fsp3) is 0.545. The minimum atomic E-state index is 0.823. The largest absolute Gasteiger partial charge is 0.493 e. The van der Waals surface area contributed by atoms with Gasteiger partial charge < -0.3 is 10.1 Å². The van der Waals surface area contributed by atoms with Gasteiger partial charge in [-0.05, 0) is 36.2 Å². The molecule has 0 bridgehead atoms. The van der Waals surface area contributed by atoms with E-state index in [9.17, 15) is 0 Å². The Morgan fingerprint density at radius 1 is 0.833 bits per heavy atom. The van der Waals surface area contributed by atoms with E-state index in [4.69, 9.17) is 4.74 Å². The van der Waals surface area contributed by atoms with Crippen molar-refractivity contribution < 1.29 is 4.74 Å². The third kappa shape index (κ3) is 5.83.